The number of benzene rings is 3. The van der Waals surface area contributed by atoms with Crippen LogP contribution in [0.15, 0.2) is 72.8 Å². The Kier molecular flexibility index (Phi) is 5.95. The standard InChI is InChI=1S/C24H23N3O2S/c1-3-29-21-12-8-7-11-19(21)27-24(28)23(17-9-5-4-6-10-17)26-18-13-14-20-22(15-18)30-16(2)25-20/h4-15,23,26H,3H2,1-2H3,(H,27,28). The summed E-state index contributed by atoms with van der Waals surface area (Å²) >= 11 is 1.64. The second-order valence-corrected chi connectivity index (χ2v) is 8.06. The first-order chi connectivity index (χ1) is 14.6. The molecule has 6 heteroatoms. The smallest absolute Gasteiger partial charge is 0.251 e. The Morgan fingerprint density at radius 1 is 1.07 bits per heavy atom. The molecule has 0 aliphatic heterocycles. The minimum Gasteiger partial charge on any atom is -0.492 e. The molecule has 152 valence electrons. The van der Waals surface area contributed by atoms with Crippen molar-refractivity contribution in [2.75, 3.05) is 17.2 Å². The molecule has 1 heterocycles. The molecule has 0 saturated carbocycles. The van der Waals surface area contributed by atoms with Crippen LogP contribution in [0.25, 0.3) is 10.2 Å². The van der Waals surface area contributed by atoms with Crippen molar-refractivity contribution in [3.05, 3.63) is 83.4 Å². The average molecular weight is 418 g/mol. The quantitative estimate of drug-likeness (QED) is 0.399. The number of nitrogens with one attached hydrogen (secondary N) is 2. The summed E-state index contributed by atoms with van der Waals surface area (Å²) in [4.78, 5) is 17.8. The molecule has 0 spiro atoms. The van der Waals surface area contributed by atoms with Crippen LogP contribution in [0.4, 0.5) is 11.4 Å². The van der Waals surface area contributed by atoms with Crippen LogP contribution in [0.1, 0.15) is 23.5 Å². The fourth-order valence-corrected chi connectivity index (χ4v) is 4.16. The summed E-state index contributed by atoms with van der Waals surface area (Å²) in [6.07, 6.45) is 0. The Hall–Kier alpha value is -3.38. The second-order valence-electron chi connectivity index (χ2n) is 6.82. The third-order valence-electron chi connectivity index (χ3n) is 4.65. The Bertz CT molecular complexity index is 1160. The summed E-state index contributed by atoms with van der Waals surface area (Å²) in [5, 5.41) is 7.43. The van der Waals surface area contributed by atoms with E-state index in [0.717, 1.165) is 26.5 Å². The number of hydrogen-bond acceptors (Lipinski definition) is 5. The van der Waals surface area contributed by atoms with Crippen LogP contribution in [-0.4, -0.2) is 17.5 Å². The van der Waals surface area contributed by atoms with Gasteiger partial charge in [-0.2, -0.15) is 0 Å². The maximum absolute atomic E-state index is 13.3. The predicted molar refractivity (Wildman–Crippen MR) is 123 cm³/mol. The molecule has 0 saturated heterocycles. The Labute approximate surface area is 179 Å². The summed E-state index contributed by atoms with van der Waals surface area (Å²) in [6.45, 7) is 4.44. The fraction of sp³-hybridized carbons (Fsp3) is 0.167. The lowest BCUT2D eigenvalue weighted by Crippen LogP contribution is -2.27. The van der Waals surface area contributed by atoms with Gasteiger partial charge in [-0.05, 0) is 49.7 Å². The number of nitrogens with zero attached hydrogens (tertiary/aromatic N) is 1. The highest BCUT2D eigenvalue weighted by Crippen LogP contribution is 2.29. The van der Waals surface area contributed by atoms with Crippen molar-refractivity contribution in [3.8, 4) is 5.75 Å². The zero-order chi connectivity index (χ0) is 20.9. The predicted octanol–water partition coefficient (Wildman–Crippen LogP) is 5.80. The van der Waals surface area contributed by atoms with Gasteiger partial charge in [0.15, 0.2) is 0 Å². The Morgan fingerprint density at radius 2 is 1.83 bits per heavy atom. The minimum atomic E-state index is -0.563. The van der Waals surface area contributed by atoms with Crippen molar-refractivity contribution in [1.82, 2.24) is 4.98 Å². The SMILES string of the molecule is CCOc1ccccc1NC(=O)C(Nc1ccc2nc(C)sc2c1)c1ccccc1. The van der Waals surface area contributed by atoms with E-state index in [-0.39, 0.29) is 5.91 Å². The molecule has 5 nitrogen and oxygen atoms in total. The van der Waals surface area contributed by atoms with Gasteiger partial charge in [0, 0.05) is 5.69 Å². The van der Waals surface area contributed by atoms with Gasteiger partial charge in [-0.25, -0.2) is 4.98 Å². The number of rotatable bonds is 7. The number of anilines is 2. The molecule has 0 aliphatic carbocycles. The molecule has 2 N–H and O–H groups in total. The van der Waals surface area contributed by atoms with E-state index in [1.54, 1.807) is 11.3 Å². The normalized spacial score (nSPS) is 11.8. The van der Waals surface area contributed by atoms with E-state index in [0.29, 0.717) is 18.0 Å². The van der Waals surface area contributed by atoms with E-state index in [1.165, 1.54) is 0 Å². The topological polar surface area (TPSA) is 63.2 Å². The van der Waals surface area contributed by atoms with E-state index >= 15 is 0 Å². The number of aryl methyl sites for hydroxylation is 1. The van der Waals surface area contributed by atoms with E-state index in [4.69, 9.17) is 4.74 Å². The van der Waals surface area contributed by atoms with Gasteiger partial charge in [0.2, 0.25) is 0 Å². The molecule has 4 rings (SSSR count). The van der Waals surface area contributed by atoms with Crippen LogP contribution in [0.2, 0.25) is 0 Å². The average Bonchev–Trinajstić information content (AvgIpc) is 3.13. The van der Waals surface area contributed by atoms with Gasteiger partial charge in [0.25, 0.3) is 5.91 Å². The molecular formula is C24H23N3O2S. The third-order valence-corrected chi connectivity index (χ3v) is 5.58. The number of carbonyl (C=O) groups is 1. The maximum atomic E-state index is 13.3. The van der Waals surface area contributed by atoms with Crippen LogP contribution >= 0.6 is 11.3 Å². The molecule has 1 atom stereocenters. The number of ether oxygens (including phenoxy) is 1. The summed E-state index contributed by atoms with van der Waals surface area (Å²) in [5.74, 6) is 0.496. The molecule has 0 fully saturated rings. The van der Waals surface area contributed by atoms with Gasteiger partial charge < -0.3 is 15.4 Å². The molecular weight excluding hydrogens is 394 g/mol. The van der Waals surface area contributed by atoms with E-state index < -0.39 is 6.04 Å². The summed E-state index contributed by atoms with van der Waals surface area (Å²) in [7, 11) is 0. The van der Waals surface area contributed by atoms with E-state index in [2.05, 4.69) is 15.6 Å². The fourth-order valence-electron chi connectivity index (χ4n) is 3.30. The molecule has 30 heavy (non-hydrogen) atoms. The largest absolute Gasteiger partial charge is 0.492 e. The van der Waals surface area contributed by atoms with Crippen molar-refractivity contribution >= 4 is 38.8 Å². The Balaban J connectivity index is 1.63. The molecule has 0 radical (unpaired) electrons. The number of amides is 1. The highest BCUT2D eigenvalue weighted by molar-refractivity contribution is 7.18. The number of hydrogen-bond donors (Lipinski definition) is 2. The first-order valence-electron chi connectivity index (χ1n) is 9.85. The van der Waals surface area contributed by atoms with Crippen molar-refractivity contribution in [2.45, 2.75) is 19.9 Å². The van der Waals surface area contributed by atoms with Gasteiger partial charge in [-0.3, -0.25) is 4.79 Å². The van der Waals surface area contributed by atoms with Crippen molar-refractivity contribution in [1.29, 1.82) is 0 Å². The van der Waals surface area contributed by atoms with Crippen molar-refractivity contribution in [3.63, 3.8) is 0 Å². The van der Waals surface area contributed by atoms with Crippen LogP contribution in [-0.2, 0) is 4.79 Å². The number of fused-ring (bicyclic) bond motifs is 1. The number of para-hydroxylation sites is 2. The molecule has 0 bridgehead atoms. The zero-order valence-corrected chi connectivity index (χ0v) is 17.7. The highest BCUT2D eigenvalue weighted by Gasteiger charge is 2.22. The number of thiazole rings is 1. The van der Waals surface area contributed by atoms with Crippen LogP contribution in [0.5, 0.6) is 5.75 Å². The van der Waals surface area contributed by atoms with Gasteiger partial charge >= 0.3 is 0 Å². The minimum absolute atomic E-state index is 0.158. The van der Waals surface area contributed by atoms with Crippen molar-refractivity contribution in [2.24, 2.45) is 0 Å². The number of aromatic nitrogens is 1. The molecule has 3 aromatic carbocycles. The first kappa shape index (κ1) is 19.9. The lowest BCUT2D eigenvalue weighted by Gasteiger charge is -2.21. The van der Waals surface area contributed by atoms with Crippen LogP contribution in [0.3, 0.4) is 0 Å². The Morgan fingerprint density at radius 3 is 2.63 bits per heavy atom. The van der Waals surface area contributed by atoms with E-state index in [1.807, 2.05) is 86.6 Å². The maximum Gasteiger partial charge on any atom is 0.251 e. The summed E-state index contributed by atoms with van der Waals surface area (Å²) in [6, 6.07) is 22.6. The third kappa shape index (κ3) is 4.44. The summed E-state index contributed by atoms with van der Waals surface area (Å²) in [5.41, 5.74) is 3.37. The van der Waals surface area contributed by atoms with Crippen LogP contribution < -0.4 is 15.4 Å². The molecule has 1 unspecified atom stereocenters. The summed E-state index contributed by atoms with van der Waals surface area (Å²) < 4.78 is 6.74. The second kappa shape index (κ2) is 8.97. The molecule has 1 aromatic heterocycles. The lowest BCUT2D eigenvalue weighted by molar-refractivity contribution is -0.117. The van der Waals surface area contributed by atoms with Gasteiger partial charge in [0.05, 0.1) is 27.5 Å². The zero-order valence-electron chi connectivity index (χ0n) is 16.9. The van der Waals surface area contributed by atoms with E-state index in [9.17, 15) is 4.79 Å². The first-order valence-corrected chi connectivity index (χ1v) is 10.7. The molecule has 0 aliphatic rings. The van der Waals surface area contributed by atoms with Gasteiger partial charge in [-0.1, -0.05) is 42.5 Å². The molecule has 1 amide bonds. The lowest BCUT2D eigenvalue weighted by atomic mass is 10.1. The monoisotopic (exact) mass is 417 g/mol. The number of carbonyl (C=O) groups excluding carboxylic acids is 1. The highest BCUT2D eigenvalue weighted by atomic mass is 32.1. The van der Waals surface area contributed by atoms with Crippen LogP contribution in [0, 0.1) is 6.92 Å². The van der Waals surface area contributed by atoms with Gasteiger partial charge in [0.1, 0.15) is 11.8 Å². The molecule has 4 aromatic rings. The van der Waals surface area contributed by atoms with Crippen molar-refractivity contribution < 1.29 is 9.53 Å². The van der Waals surface area contributed by atoms with Gasteiger partial charge in [-0.15, -0.1) is 11.3 Å².